The summed E-state index contributed by atoms with van der Waals surface area (Å²) < 4.78 is 35.2. The first kappa shape index (κ1) is 19.8. The van der Waals surface area contributed by atoms with Crippen LogP contribution in [0.3, 0.4) is 0 Å². The van der Waals surface area contributed by atoms with Crippen LogP contribution in [0, 0.1) is 5.41 Å². The van der Waals surface area contributed by atoms with E-state index in [1.807, 2.05) is 0 Å². The number of carbonyl (C=O) groups excluding carboxylic acids is 1. The van der Waals surface area contributed by atoms with E-state index in [0.29, 0.717) is 14.8 Å². The maximum absolute atomic E-state index is 12.5. The number of halogens is 2. The van der Waals surface area contributed by atoms with Crippen LogP contribution in [0.25, 0.3) is 12.2 Å². The Morgan fingerprint density at radius 3 is 2.54 bits per heavy atom. The molecule has 1 N–H and O–H groups in total. The molecule has 0 aliphatic heterocycles. The standard InChI is InChI=1S/C18H19F2NO4S/c1-18(2,3)14(22)9-15-21-16(23)13(26-15)8-10-5-6-11(24-4)12(7-10)25-17(19)20/h5-9,17H,1-4H3,(H,21,23)/b13-8-,15-9-. The maximum atomic E-state index is 12.5. The van der Waals surface area contributed by atoms with Crippen LogP contribution < -0.4 is 24.2 Å². The summed E-state index contributed by atoms with van der Waals surface area (Å²) in [5, 5.41) is 0. The van der Waals surface area contributed by atoms with Gasteiger partial charge in [0.25, 0.3) is 5.56 Å². The Labute approximate surface area is 152 Å². The fourth-order valence-corrected chi connectivity index (χ4v) is 2.87. The van der Waals surface area contributed by atoms with Crippen LogP contribution in [0.15, 0.2) is 23.0 Å². The van der Waals surface area contributed by atoms with Gasteiger partial charge in [0.1, 0.15) is 0 Å². The topological polar surface area (TPSA) is 68.4 Å². The number of aromatic amines is 1. The first-order chi connectivity index (χ1) is 12.1. The highest BCUT2D eigenvalue weighted by Gasteiger charge is 2.18. The summed E-state index contributed by atoms with van der Waals surface area (Å²) in [5.74, 6) is -0.0788. The second kappa shape index (κ2) is 7.82. The predicted molar refractivity (Wildman–Crippen MR) is 96.3 cm³/mol. The van der Waals surface area contributed by atoms with Gasteiger partial charge in [-0.3, -0.25) is 9.59 Å². The van der Waals surface area contributed by atoms with Gasteiger partial charge in [0.15, 0.2) is 17.3 Å². The highest BCUT2D eigenvalue weighted by molar-refractivity contribution is 7.07. The van der Waals surface area contributed by atoms with Crippen molar-refractivity contribution in [2.24, 2.45) is 5.41 Å². The molecule has 0 saturated carbocycles. The van der Waals surface area contributed by atoms with E-state index in [2.05, 4.69) is 9.72 Å². The zero-order chi connectivity index (χ0) is 19.5. The normalized spacial score (nSPS) is 13.3. The molecular weight excluding hydrogens is 364 g/mol. The van der Waals surface area contributed by atoms with E-state index in [9.17, 15) is 18.4 Å². The van der Waals surface area contributed by atoms with Crippen LogP contribution >= 0.6 is 11.3 Å². The third-order valence-corrected chi connectivity index (χ3v) is 4.35. The van der Waals surface area contributed by atoms with Crippen molar-refractivity contribution in [1.29, 1.82) is 0 Å². The largest absolute Gasteiger partial charge is 0.493 e. The monoisotopic (exact) mass is 383 g/mol. The lowest BCUT2D eigenvalue weighted by Crippen LogP contribution is -2.22. The number of hydrogen-bond donors (Lipinski definition) is 1. The summed E-state index contributed by atoms with van der Waals surface area (Å²) in [4.78, 5) is 26.7. The number of nitrogens with one attached hydrogen (secondary N) is 1. The summed E-state index contributed by atoms with van der Waals surface area (Å²) in [5.41, 5.74) is -0.431. The van der Waals surface area contributed by atoms with Crippen molar-refractivity contribution in [3.8, 4) is 11.5 Å². The average molecular weight is 383 g/mol. The van der Waals surface area contributed by atoms with Gasteiger partial charge < -0.3 is 14.5 Å². The van der Waals surface area contributed by atoms with Gasteiger partial charge in [0.05, 0.1) is 16.3 Å². The van der Waals surface area contributed by atoms with Gasteiger partial charge in [-0.05, 0) is 23.8 Å². The predicted octanol–water partition coefficient (Wildman–Crippen LogP) is 2.27. The fourth-order valence-electron chi connectivity index (χ4n) is 1.98. The number of alkyl halides is 2. The van der Waals surface area contributed by atoms with E-state index in [1.54, 1.807) is 26.8 Å². The van der Waals surface area contributed by atoms with Crippen molar-refractivity contribution in [1.82, 2.24) is 4.98 Å². The van der Waals surface area contributed by atoms with Crippen LogP contribution in [0.5, 0.6) is 11.5 Å². The lowest BCUT2D eigenvalue weighted by atomic mass is 9.91. The SMILES string of the molecule is COc1ccc(/C=c2\s/c(=C\C(=O)C(C)(C)C)[nH]c2=O)cc1OC(F)F. The van der Waals surface area contributed by atoms with Crippen molar-refractivity contribution < 1.29 is 23.0 Å². The number of carbonyl (C=O) groups is 1. The quantitative estimate of drug-likeness (QED) is 0.860. The molecular formula is C18H19F2NO4S. The number of ketones is 1. The number of H-pyrrole nitrogens is 1. The molecule has 1 aromatic carbocycles. The lowest BCUT2D eigenvalue weighted by Gasteiger charge is -2.12. The number of Topliss-reactive ketones (excluding diaryl/α,β-unsaturated/α-hetero) is 1. The molecule has 26 heavy (non-hydrogen) atoms. The maximum Gasteiger partial charge on any atom is 0.387 e. The van der Waals surface area contributed by atoms with Crippen LogP contribution in [0.4, 0.5) is 8.78 Å². The van der Waals surface area contributed by atoms with Gasteiger partial charge in [0, 0.05) is 11.5 Å². The Morgan fingerprint density at radius 2 is 1.96 bits per heavy atom. The van der Waals surface area contributed by atoms with Crippen molar-refractivity contribution in [2.45, 2.75) is 27.4 Å². The summed E-state index contributed by atoms with van der Waals surface area (Å²) in [7, 11) is 1.34. The van der Waals surface area contributed by atoms with Crippen LogP contribution in [0.1, 0.15) is 26.3 Å². The van der Waals surface area contributed by atoms with Gasteiger partial charge in [-0.25, -0.2) is 0 Å². The molecule has 0 unspecified atom stereocenters. The molecule has 1 aromatic heterocycles. The van der Waals surface area contributed by atoms with E-state index in [4.69, 9.17) is 4.74 Å². The number of methoxy groups -OCH3 is 1. The van der Waals surface area contributed by atoms with Crippen LogP contribution in [-0.4, -0.2) is 24.5 Å². The Balaban J connectivity index is 2.46. The van der Waals surface area contributed by atoms with E-state index >= 15 is 0 Å². The Bertz CT molecular complexity index is 970. The molecule has 2 rings (SSSR count). The minimum Gasteiger partial charge on any atom is -0.493 e. The van der Waals surface area contributed by atoms with Crippen molar-refractivity contribution >= 4 is 29.3 Å². The average Bonchev–Trinajstić information content (AvgIpc) is 2.85. The molecule has 0 atom stereocenters. The number of rotatable bonds is 5. The minimum atomic E-state index is -2.99. The summed E-state index contributed by atoms with van der Waals surface area (Å²) in [6.45, 7) is 2.36. The number of thiazole rings is 1. The second-order valence-corrected chi connectivity index (χ2v) is 7.56. The molecule has 8 heteroatoms. The smallest absolute Gasteiger partial charge is 0.387 e. The van der Waals surface area contributed by atoms with Crippen molar-refractivity contribution in [3.63, 3.8) is 0 Å². The zero-order valence-electron chi connectivity index (χ0n) is 14.8. The molecule has 0 saturated heterocycles. The van der Waals surface area contributed by atoms with Crippen LogP contribution in [-0.2, 0) is 4.79 Å². The fraction of sp³-hybridized carbons (Fsp3) is 0.333. The molecule has 2 aromatic rings. The molecule has 0 aliphatic rings. The highest BCUT2D eigenvalue weighted by atomic mass is 32.1. The molecule has 5 nitrogen and oxygen atoms in total. The van der Waals surface area contributed by atoms with Gasteiger partial charge in [0.2, 0.25) is 0 Å². The molecule has 0 fully saturated rings. The van der Waals surface area contributed by atoms with E-state index in [-0.39, 0.29) is 22.8 Å². The van der Waals surface area contributed by atoms with E-state index in [0.717, 1.165) is 11.3 Å². The molecule has 0 amide bonds. The van der Waals surface area contributed by atoms with Crippen molar-refractivity contribution in [3.05, 3.63) is 43.3 Å². The Kier molecular flexibility index (Phi) is 5.97. The summed E-state index contributed by atoms with van der Waals surface area (Å²) in [6.07, 6.45) is 2.92. The summed E-state index contributed by atoms with van der Waals surface area (Å²) in [6, 6.07) is 4.44. The second-order valence-electron chi connectivity index (χ2n) is 6.48. The van der Waals surface area contributed by atoms with E-state index in [1.165, 1.54) is 31.4 Å². The number of benzene rings is 1. The van der Waals surface area contributed by atoms with Crippen LogP contribution in [0.2, 0.25) is 0 Å². The van der Waals surface area contributed by atoms with E-state index < -0.39 is 12.0 Å². The molecule has 0 bridgehead atoms. The Morgan fingerprint density at radius 1 is 1.27 bits per heavy atom. The number of hydrogen-bond acceptors (Lipinski definition) is 5. The highest BCUT2D eigenvalue weighted by Crippen LogP contribution is 2.29. The van der Waals surface area contributed by atoms with Gasteiger partial charge >= 0.3 is 6.61 Å². The number of ether oxygens (including phenoxy) is 2. The molecule has 140 valence electrons. The Hall–Kier alpha value is -2.48. The molecule has 1 heterocycles. The van der Waals surface area contributed by atoms with Gasteiger partial charge in [-0.1, -0.05) is 26.8 Å². The van der Waals surface area contributed by atoms with Crippen molar-refractivity contribution in [2.75, 3.05) is 7.11 Å². The lowest BCUT2D eigenvalue weighted by molar-refractivity contribution is -0.120. The molecule has 0 aliphatic carbocycles. The molecule has 0 radical (unpaired) electrons. The molecule has 0 spiro atoms. The number of aromatic nitrogens is 1. The first-order valence-electron chi connectivity index (χ1n) is 7.70. The first-order valence-corrected chi connectivity index (χ1v) is 8.51. The van der Waals surface area contributed by atoms with Gasteiger partial charge in [-0.15, -0.1) is 11.3 Å². The third kappa shape index (κ3) is 5.01. The zero-order valence-corrected chi connectivity index (χ0v) is 15.6. The minimum absolute atomic E-state index is 0.112. The summed E-state index contributed by atoms with van der Waals surface area (Å²) >= 11 is 1.11. The third-order valence-electron chi connectivity index (χ3n) is 3.38. The van der Waals surface area contributed by atoms with Gasteiger partial charge in [-0.2, -0.15) is 8.78 Å².